The molecule has 0 fully saturated rings. The fraction of sp³-hybridized carbons (Fsp3) is 0.308. The molecule has 18 heavy (non-hydrogen) atoms. The average molecular weight is 263 g/mol. The molecule has 1 atom stereocenters. The Balaban J connectivity index is 2.13. The predicted molar refractivity (Wildman–Crippen MR) is 78.2 cm³/mol. The quantitative estimate of drug-likeness (QED) is 0.639. The van der Waals surface area contributed by atoms with Crippen molar-refractivity contribution in [3.05, 3.63) is 30.5 Å². The van der Waals surface area contributed by atoms with Crippen LogP contribution in [-0.2, 0) is 10.8 Å². The Morgan fingerprint density at radius 1 is 1.39 bits per heavy atom. The van der Waals surface area contributed by atoms with Crippen LogP contribution in [0.15, 0.2) is 30.5 Å². The van der Waals surface area contributed by atoms with Crippen molar-refractivity contribution in [1.29, 1.82) is 0 Å². The van der Waals surface area contributed by atoms with Crippen molar-refractivity contribution >= 4 is 33.1 Å². The summed E-state index contributed by atoms with van der Waals surface area (Å²) >= 11 is 0. The van der Waals surface area contributed by atoms with Crippen LogP contribution >= 0.6 is 0 Å². The van der Waals surface area contributed by atoms with Crippen LogP contribution in [0, 0.1) is 0 Å². The monoisotopic (exact) mass is 263 g/mol. The summed E-state index contributed by atoms with van der Waals surface area (Å²) < 4.78 is 11.0. The maximum absolute atomic E-state index is 11.0. The third kappa shape index (κ3) is 2.98. The SMILES string of the molecule is CS(=O)CCCNc1ccnc2c(N)cccc12. The van der Waals surface area contributed by atoms with E-state index in [0.29, 0.717) is 5.69 Å². The lowest BCUT2D eigenvalue weighted by Crippen LogP contribution is -2.06. The number of rotatable bonds is 5. The van der Waals surface area contributed by atoms with Crippen LogP contribution in [0.1, 0.15) is 6.42 Å². The van der Waals surface area contributed by atoms with Gasteiger partial charge in [-0.3, -0.25) is 9.19 Å². The summed E-state index contributed by atoms with van der Waals surface area (Å²) in [5.74, 6) is 0.720. The number of pyridine rings is 1. The molecule has 2 aromatic rings. The third-order valence-corrected chi connectivity index (χ3v) is 3.59. The van der Waals surface area contributed by atoms with E-state index in [4.69, 9.17) is 5.73 Å². The summed E-state index contributed by atoms with van der Waals surface area (Å²) in [6.07, 6.45) is 4.36. The van der Waals surface area contributed by atoms with Gasteiger partial charge in [0, 0.05) is 46.6 Å². The van der Waals surface area contributed by atoms with Gasteiger partial charge in [0.1, 0.15) is 0 Å². The summed E-state index contributed by atoms with van der Waals surface area (Å²) in [5.41, 5.74) is 8.42. The van der Waals surface area contributed by atoms with Crippen LogP contribution in [0.25, 0.3) is 10.9 Å². The van der Waals surface area contributed by atoms with E-state index in [1.807, 2.05) is 24.3 Å². The number of benzene rings is 1. The van der Waals surface area contributed by atoms with Crippen molar-refractivity contribution in [2.75, 3.05) is 29.6 Å². The number of nitrogens with one attached hydrogen (secondary N) is 1. The maximum Gasteiger partial charge on any atom is 0.0951 e. The Kier molecular flexibility index (Phi) is 4.15. The zero-order valence-corrected chi connectivity index (χ0v) is 11.2. The largest absolute Gasteiger partial charge is 0.397 e. The first-order valence-corrected chi connectivity index (χ1v) is 7.58. The van der Waals surface area contributed by atoms with E-state index >= 15 is 0 Å². The highest BCUT2D eigenvalue weighted by Crippen LogP contribution is 2.25. The molecule has 1 unspecified atom stereocenters. The van der Waals surface area contributed by atoms with E-state index in [1.54, 1.807) is 12.5 Å². The first-order chi connectivity index (χ1) is 8.68. The molecule has 0 saturated carbocycles. The number of hydrogen-bond donors (Lipinski definition) is 2. The van der Waals surface area contributed by atoms with Gasteiger partial charge in [-0.15, -0.1) is 0 Å². The number of nitrogens with two attached hydrogens (primary N) is 1. The van der Waals surface area contributed by atoms with Gasteiger partial charge in [0.15, 0.2) is 0 Å². The number of hydrogen-bond acceptors (Lipinski definition) is 4. The van der Waals surface area contributed by atoms with Crippen LogP contribution in [0.4, 0.5) is 11.4 Å². The standard InChI is InChI=1S/C13H17N3OS/c1-18(17)9-3-7-15-12-6-8-16-13-10(12)4-2-5-11(13)14/h2,4-6,8H,3,7,9,14H2,1H3,(H,15,16). The molecule has 0 bridgehead atoms. The van der Waals surface area contributed by atoms with Crippen LogP contribution < -0.4 is 11.1 Å². The second kappa shape index (κ2) is 5.82. The maximum atomic E-state index is 11.0. The summed E-state index contributed by atoms with van der Waals surface area (Å²) in [6.45, 7) is 0.799. The smallest absolute Gasteiger partial charge is 0.0951 e. The Morgan fingerprint density at radius 2 is 2.22 bits per heavy atom. The van der Waals surface area contributed by atoms with Crippen molar-refractivity contribution < 1.29 is 4.21 Å². The highest BCUT2D eigenvalue weighted by Gasteiger charge is 2.03. The second-order valence-corrected chi connectivity index (χ2v) is 5.71. The normalized spacial score (nSPS) is 12.5. The zero-order valence-electron chi connectivity index (χ0n) is 10.3. The van der Waals surface area contributed by atoms with Crippen molar-refractivity contribution in [3.8, 4) is 0 Å². The number of anilines is 2. The highest BCUT2D eigenvalue weighted by atomic mass is 32.2. The van der Waals surface area contributed by atoms with Gasteiger partial charge in [0.25, 0.3) is 0 Å². The minimum atomic E-state index is -0.727. The molecule has 3 N–H and O–H groups in total. The molecule has 2 rings (SSSR count). The molecular formula is C13H17N3OS. The zero-order chi connectivity index (χ0) is 13.0. The molecular weight excluding hydrogens is 246 g/mol. The van der Waals surface area contributed by atoms with Gasteiger partial charge in [-0.1, -0.05) is 12.1 Å². The summed E-state index contributed by atoms with van der Waals surface area (Å²) in [5, 5.41) is 4.36. The lowest BCUT2D eigenvalue weighted by atomic mass is 10.1. The molecule has 0 amide bonds. The van der Waals surface area contributed by atoms with E-state index in [2.05, 4.69) is 10.3 Å². The molecule has 1 aromatic carbocycles. The van der Waals surface area contributed by atoms with Crippen molar-refractivity contribution in [2.45, 2.75) is 6.42 Å². The summed E-state index contributed by atoms with van der Waals surface area (Å²) in [6, 6.07) is 7.70. The molecule has 0 aliphatic heterocycles. The number of para-hydroxylation sites is 1. The molecule has 0 radical (unpaired) electrons. The van der Waals surface area contributed by atoms with Gasteiger partial charge >= 0.3 is 0 Å². The molecule has 1 aromatic heterocycles. The Bertz CT molecular complexity index is 571. The summed E-state index contributed by atoms with van der Waals surface area (Å²) in [7, 11) is -0.727. The molecule has 0 aliphatic rings. The van der Waals surface area contributed by atoms with Crippen molar-refractivity contribution in [3.63, 3.8) is 0 Å². The molecule has 0 spiro atoms. The molecule has 0 saturated heterocycles. The fourth-order valence-electron chi connectivity index (χ4n) is 1.85. The lowest BCUT2D eigenvalue weighted by molar-refractivity contribution is 0.685. The van der Waals surface area contributed by atoms with Gasteiger partial charge in [-0.2, -0.15) is 0 Å². The van der Waals surface area contributed by atoms with E-state index < -0.39 is 10.8 Å². The number of nitrogens with zero attached hydrogens (tertiary/aromatic N) is 1. The molecule has 4 nitrogen and oxygen atoms in total. The van der Waals surface area contributed by atoms with Gasteiger partial charge in [-0.25, -0.2) is 0 Å². The highest BCUT2D eigenvalue weighted by molar-refractivity contribution is 7.84. The molecule has 96 valence electrons. The first-order valence-electron chi connectivity index (χ1n) is 5.85. The number of fused-ring (bicyclic) bond motifs is 1. The van der Waals surface area contributed by atoms with Crippen LogP contribution in [0.3, 0.4) is 0 Å². The van der Waals surface area contributed by atoms with E-state index in [1.165, 1.54) is 0 Å². The summed E-state index contributed by atoms with van der Waals surface area (Å²) in [4.78, 5) is 4.28. The van der Waals surface area contributed by atoms with Crippen LogP contribution in [-0.4, -0.2) is 27.7 Å². The van der Waals surface area contributed by atoms with Crippen LogP contribution in [0.5, 0.6) is 0 Å². The second-order valence-electron chi connectivity index (χ2n) is 4.16. The van der Waals surface area contributed by atoms with Gasteiger partial charge in [0.05, 0.1) is 11.2 Å². The number of aromatic nitrogens is 1. The molecule has 1 heterocycles. The topological polar surface area (TPSA) is 68.0 Å². The predicted octanol–water partition coefficient (Wildman–Crippen LogP) is 2.00. The minimum absolute atomic E-state index is 0.686. The number of nitrogen functional groups attached to an aromatic ring is 1. The fourth-order valence-corrected chi connectivity index (χ4v) is 2.40. The average Bonchev–Trinajstić information content (AvgIpc) is 2.35. The first kappa shape index (κ1) is 12.8. The van der Waals surface area contributed by atoms with E-state index in [-0.39, 0.29) is 0 Å². The third-order valence-electron chi connectivity index (χ3n) is 2.73. The van der Waals surface area contributed by atoms with Gasteiger partial charge < -0.3 is 11.1 Å². The van der Waals surface area contributed by atoms with Gasteiger partial charge in [-0.05, 0) is 18.6 Å². The lowest BCUT2D eigenvalue weighted by Gasteiger charge is -2.09. The van der Waals surface area contributed by atoms with E-state index in [9.17, 15) is 4.21 Å². The Labute approximate surface area is 109 Å². The molecule has 5 heteroatoms. The van der Waals surface area contributed by atoms with Gasteiger partial charge in [0.2, 0.25) is 0 Å². The van der Waals surface area contributed by atoms with E-state index in [0.717, 1.165) is 35.3 Å². The Morgan fingerprint density at radius 3 is 3.00 bits per heavy atom. The van der Waals surface area contributed by atoms with Crippen molar-refractivity contribution in [2.24, 2.45) is 0 Å². The Hall–Kier alpha value is -1.62. The van der Waals surface area contributed by atoms with Crippen molar-refractivity contribution in [1.82, 2.24) is 4.98 Å². The minimum Gasteiger partial charge on any atom is -0.397 e. The van der Waals surface area contributed by atoms with Crippen LogP contribution in [0.2, 0.25) is 0 Å². The molecule has 0 aliphatic carbocycles.